The molecule has 0 aliphatic heterocycles. The summed E-state index contributed by atoms with van der Waals surface area (Å²) in [5, 5.41) is 9.55. The molecule has 1 fully saturated rings. The standard InChI is InChI=1S/C29H30N2O4/c1-34-26-16-24-25(17-27(26)35-2)31(28(30-24)15-19-7-3-4-8-19)18-20-11-13-21(14-12-20)22-9-5-6-10-23(22)29(32)33/h5-6,9-14,16-17,19H,3-4,7-8,15,18H2,1-2H3,(H,32,33). The molecular weight excluding hydrogens is 440 g/mol. The number of carboxylic acids is 1. The number of carboxylic acid groups (broad SMARTS) is 1. The van der Waals surface area contributed by atoms with Gasteiger partial charge in [-0.2, -0.15) is 0 Å². The predicted molar refractivity (Wildman–Crippen MR) is 136 cm³/mol. The monoisotopic (exact) mass is 470 g/mol. The minimum absolute atomic E-state index is 0.306. The zero-order chi connectivity index (χ0) is 24.4. The Kier molecular flexibility index (Phi) is 6.45. The van der Waals surface area contributed by atoms with Gasteiger partial charge in [-0.25, -0.2) is 9.78 Å². The Morgan fingerprint density at radius 2 is 1.69 bits per heavy atom. The number of hydrogen-bond donors (Lipinski definition) is 1. The number of fused-ring (bicyclic) bond motifs is 1. The van der Waals surface area contributed by atoms with E-state index in [1.54, 1.807) is 26.4 Å². The molecule has 35 heavy (non-hydrogen) atoms. The van der Waals surface area contributed by atoms with Crippen LogP contribution in [-0.4, -0.2) is 34.8 Å². The highest BCUT2D eigenvalue weighted by Crippen LogP contribution is 2.35. The fraction of sp³-hybridized carbons (Fsp3) is 0.310. The van der Waals surface area contributed by atoms with E-state index >= 15 is 0 Å². The molecule has 3 aromatic carbocycles. The van der Waals surface area contributed by atoms with E-state index in [4.69, 9.17) is 14.5 Å². The van der Waals surface area contributed by atoms with Crippen LogP contribution in [0.4, 0.5) is 0 Å². The Bertz CT molecular complexity index is 1350. The Morgan fingerprint density at radius 3 is 2.37 bits per heavy atom. The van der Waals surface area contributed by atoms with Gasteiger partial charge < -0.3 is 19.1 Å². The number of methoxy groups -OCH3 is 2. The van der Waals surface area contributed by atoms with E-state index in [2.05, 4.69) is 16.7 Å². The van der Waals surface area contributed by atoms with Crippen molar-refractivity contribution >= 4 is 17.0 Å². The number of carbonyl (C=O) groups is 1. The smallest absolute Gasteiger partial charge is 0.336 e. The molecule has 6 nitrogen and oxygen atoms in total. The summed E-state index contributed by atoms with van der Waals surface area (Å²) in [7, 11) is 3.29. The quantitative estimate of drug-likeness (QED) is 0.332. The molecule has 1 aliphatic carbocycles. The average Bonchev–Trinajstić information content (AvgIpc) is 3.51. The van der Waals surface area contributed by atoms with Crippen LogP contribution >= 0.6 is 0 Å². The number of rotatable bonds is 8. The number of hydrogen-bond acceptors (Lipinski definition) is 4. The van der Waals surface area contributed by atoms with Crippen molar-refractivity contribution in [2.75, 3.05) is 14.2 Å². The molecule has 1 N–H and O–H groups in total. The minimum Gasteiger partial charge on any atom is -0.493 e. The summed E-state index contributed by atoms with van der Waals surface area (Å²) in [6.07, 6.45) is 6.07. The van der Waals surface area contributed by atoms with Crippen LogP contribution < -0.4 is 9.47 Å². The van der Waals surface area contributed by atoms with E-state index in [1.807, 2.05) is 36.4 Å². The van der Waals surface area contributed by atoms with Gasteiger partial charge in [0.1, 0.15) is 5.82 Å². The van der Waals surface area contributed by atoms with Crippen molar-refractivity contribution in [2.45, 2.75) is 38.6 Å². The molecule has 0 amide bonds. The first-order chi connectivity index (χ1) is 17.1. The normalized spacial score (nSPS) is 13.9. The first-order valence-corrected chi connectivity index (χ1v) is 12.1. The summed E-state index contributed by atoms with van der Waals surface area (Å²) in [5.74, 6) is 2.20. The Morgan fingerprint density at radius 1 is 1.00 bits per heavy atom. The van der Waals surface area contributed by atoms with E-state index in [1.165, 1.54) is 25.7 Å². The number of benzene rings is 3. The molecule has 0 saturated heterocycles. The Balaban J connectivity index is 1.51. The Labute approximate surface area is 205 Å². The zero-order valence-electron chi connectivity index (χ0n) is 20.2. The molecule has 1 heterocycles. The van der Waals surface area contributed by atoms with Crippen LogP contribution in [0, 0.1) is 5.92 Å². The van der Waals surface area contributed by atoms with Gasteiger partial charge in [0.15, 0.2) is 11.5 Å². The third kappa shape index (κ3) is 4.61. The fourth-order valence-corrected chi connectivity index (χ4v) is 5.20. The van der Waals surface area contributed by atoms with Gasteiger partial charge in [-0.1, -0.05) is 68.1 Å². The highest BCUT2D eigenvalue weighted by molar-refractivity contribution is 5.96. The van der Waals surface area contributed by atoms with Gasteiger partial charge in [0, 0.05) is 25.1 Å². The molecule has 5 rings (SSSR count). The van der Waals surface area contributed by atoms with E-state index in [-0.39, 0.29) is 0 Å². The van der Waals surface area contributed by atoms with Crippen LogP contribution in [0.1, 0.15) is 47.4 Å². The number of imidazole rings is 1. The maximum absolute atomic E-state index is 11.6. The minimum atomic E-state index is -0.921. The van der Waals surface area contributed by atoms with Gasteiger partial charge >= 0.3 is 5.97 Å². The van der Waals surface area contributed by atoms with E-state index in [9.17, 15) is 9.90 Å². The van der Waals surface area contributed by atoms with E-state index in [0.717, 1.165) is 40.0 Å². The Hall–Kier alpha value is -3.80. The van der Waals surface area contributed by atoms with Gasteiger partial charge in [-0.15, -0.1) is 0 Å². The molecule has 1 saturated carbocycles. The third-order valence-corrected chi connectivity index (χ3v) is 7.04. The van der Waals surface area contributed by atoms with Gasteiger partial charge in [0.25, 0.3) is 0 Å². The number of nitrogens with zero attached hydrogens (tertiary/aromatic N) is 2. The number of ether oxygens (including phenoxy) is 2. The highest BCUT2D eigenvalue weighted by atomic mass is 16.5. The van der Waals surface area contributed by atoms with Crippen LogP contribution in [0.25, 0.3) is 22.2 Å². The van der Waals surface area contributed by atoms with Crippen LogP contribution in [0.2, 0.25) is 0 Å². The van der Waals surface area contributed by atoms with E-state index < -0.39 is 5.97 Å². The number of aromatic carboxylic acids is 1. The summed E-state index contributed by atoms with van der Waals surface area (Å²) in [5.41, 5.74) is 4.97. The summed E-state index contributed by atoms with van der Waals surface area (Å²) < 4.78 is 13.4. The summed E-state index contributed by atoms with van der Waals surface area (Å²) in [6, 6.07) is 19.2. The summed E-state index contributed by atoms with van der Waals surface area (Å²) in [6.45, 7) is 0.675. The maximum atomic E-state index is 11.6. The van der Waals surface area contributed by atoms with Crippen molar-refractivity contribution in [3.05, 3.63) is 77.6 Å². The number of aromatic nitrogens is 2. The van der Waals surface area contributed by atoms with Crippen molar-refractivity contribution < 1.29 is 19.4 Å². The lowest BCUT2D eigenvalue weighted by atomic mass is 9.98. The van der Waals surface area contributed by atoms with Gasteiger partial charge in [-0.05, 0) is 28.7 Å². The topological polar surface area (TPSA) is 73.6 Å². The lowest BCUT2D eigenvalue weighted by Crippen LogP contribution is -2.09. The maximum Gasteiger partial charge on any atom is 0.336 e. The van der Waals surface area contributed by atoms with Gasteiger partial charge in [0.2, 0.25) is 0 Å². The fourth-order valence-electron chi connectivity index (χ4n) is 5.20. The second-order valence-electron chi connectivity index (χ2n) is 9.21. The molecule has 1 aliphatic rings. The highest BCUT2D eigenvalue weighted by Gasteiger charge is 2.21. The lowest BCUT2D eigenvalue weighted by Gasteiger charge is -2.14. The average molecular weight is 471 g/mol. The van der Waals surface area contributed by atoms with Crippen LogP contribution in [0.5, 0.6) is 11.5 Å². The largest absolute Gasteiger partial charge is 0.493 e. The second-order valence-corrected chi connectivity index (χ2v) is 9.21. The molecular formula is C29H30N2O4. The zero-order valence-corrected chi connectivity index (χ0v) is 20.2. The van der Waals surface area contributed by atoms with Crippen molar-refractivity contribution in [3.8, 4) is 22.6 Å². The molecule has 0 radical (unpaired) electrons. The molecule has 0 unspecified atom stereocenters. The van der Waals surface area contributed by atoms with Crippen LogP contribution in [-0.2, 0) is 13.0 Å². The molecule has 180 valence electrons. The van der Waals surface area contributed by atoms with Crippen LogP contribution in [0.15, 0.2) is 60.7 Å². The van der Waals surface area contributed by atoms with Crippen LogP contribution in [0.3, 0.4) is 0 Å². The first-order valence-electron chi connectivity index (χ1n) is 12.1. The molecule has 0 spiro atoms. The molecule has 4 aromatic rings. The van der Waals surface area contributed by atoms with Crippen molar-refractivity contribution in [1.29, 1.82) is 0 Å². The van der Waals surface area contributed by atoms with Crippen molar-refractivity contribution in [2.24, 2.45) is 5.92 Å². The summed E-state index contributed by atoms with van der Waals surface area (Å²) >= 11 is 0. The second kappa shape index (κ2) is 9.82. The SMILES string of the molecule is COc1cc2nc(CC3CCCC3)n(Cc3ccc(-c4ccccc4C(=O)O)cc3)c2cc1OC. The molecule has 0 bridgehead atoms. The van der Waals surface area contributed by atoms with Gasteiger partial charge in [0.05, 0.1) is 30.8 Å². The lowest BCUT2D eigenvalue weighted by molar-refractivity contribution is 0.0697. The molecule has 6 heteroatoms. The van der Waals surface area contributed by atoms with Gasteiger partial charge in [-0.3, -0.25) is 0 Å². The molecule has 0 atom stereocenters. The van der Waals surface area contributed by atoms with Crippen molar-refractivity contribution in [3.63, 3.8) is 0 Å². The predicted octanol–water partition coefficient (Wildman–Crippen LogP) is 6.20. The summed E-state index contributed by atoms with van der Waals surface area (Å²) in [4.78, 5) is 16.7. The first kappa shape index (κ1) is 23.0. The van der Waals surface area contributed by atoms with E-state index in [0.29, 0.717) is 29.5 Å². The van der Waals surface area contributed by atoms with Crippen molar-refractivity contribution in [1.82, 2.24) is 9.55 Å². The third-order valence-electron chi connectivity index (χ3n) is 7.04. The molecule has 1 aromatic heterocycles.